The van der Waals surface area contributed by atoms with Gasteiger partial charge in [-0.25, -0.2) is 0 Å². The average molecular weight is 317 g/mol. The van der Waals surface area contributed by atoms with Crippen LogP contribution in [0, 0.1) is 0 Å². The van der Waals surface area contributed by atoms with Gasteiger partial charge < -0.3 is 0 Å². The molecule has 0 bridgehead atoms. The largest absolute Gasteiger partial charge is 0.0891 e. The number of aryl methyl sites for hydroxylation is 1. The Kier molecular flexibility index (Phi) is 2.90. The Morgan fingerprint density at radius 1 is 0.783 bits per heavy atom. The lowest BCUT2D eigenvalue weighted by molar-refractivity contribution is 1.03. The van der Waals surface area contributed by atoms with Crippen LogP contribution in [0.5, 0.6) is 0 Å². The van der Waals surface area contributed by atoms with Gasteiger partial charge in [-0.05, 0) is 75.2 Å². The second-order valence-corrected chi connectivity index (χ2v) is 7.05. The Morgan fingerprint density at radius 2 is 1.70 bits per heavy atom. The fourth-order valence-electron chi connectivity index (χ4n) is 4.13. The molecule has 0 unspecified atom stereocenters. The minimum atomic E-state index is 0.951. The lowest BCUT2D eigenvalue weighted by Crippen LogP contribution is -2.10. The van der Waals surface area contributed by atoms with Gasteiger partial charge in [0, 0.05) is 5.03 Å². The molecule has 3 aromatic rings. The Balaban J connectivity index is 1.90. The first-order valence-corrected chi connectivity index (χ1v) is 8.72. The monoisotopic (exact) mass is 316 g/mol. The van der Waals surface area contributed by atoms with E-state index in [9.17, 15) is 0 Å². The van der Waals surface area contributed by atoms with Crippen molar-refractivity contribution in [2.45, 2.75) is 25.7 Å². The highest BCUT2D eigenvalue weighted by molar-refractivity contribution is 6.30. The minimum Gasteiger partial charge on any atom is -0.0891 e. The zero-order valence-corrected chi connectivity index (χ0v) is 13.7. The van der Waals surface area contributed by atoms with Crippen molar-refractivity contribution < 1.29 is 0 Å². The van der Waals surface area contributed by atoms with Crippen molar-refractivity contribution in [3.8, 4) is 0 Å². The summed E-state index contributed by atoms with van der Waals surface area (Å²) in [6.07, 6.45) is 10.9. The molecule has 0 saturated carbocycles. The third-order valence-corrected chi connectivity index (χ3v) is 5.57. The second-order valence-electron chi connectivity index (χ2n) is 6.56. The first kappa shape index (κ1) is 13.4. The Labute approximate surface area is 140 Å². The summed E-state index contributed by atoms with van der Waals surface area (Å²) in [5.74, 6) is 0. The van der Waals surface area contributed by atoms with Gasteiger partial charge in [-0.15, -0.1) is 0 Å². The van der Waals surface area contributed by atoms with Crippen LogP contribution in [0.25, 0.3) is 33.2 Å². The summed E-state index contributed by atoms with van der Waals surface area (Å²) in [7, 11) is 0. The third-order valence-electron chi connectivity index (χ3n) is 5.25. The van der Waals surface area contributed by atoms with Gasteiger partial charge in [0.05, 0.1) is 0 Å². The van der Waals surface area contributed by atoms with Crippen molar-refractivity contribution in [3.63, 3.8) is 0 Å². The zero-order valence-electron chi connectivity index (χ0n) is 12.9. The van der Waals surface area contributed by atoms with Gasteiger partial charge in [-0.3, -0.25) is 0 Å². The predicted octanol–water partition coefficient (Wildman–Crippen LogP) is 5.74. The van der Waals surface area contributed by atoms with Gasteiger partial charge in [0.25, 0.3) is 0 Å². The van der Waals surface area contributed by atoms with Crippen LogP contribution in [0.3, 0.4) is 0 Å². The van der Waals surface area contributed by atoms with Gasteiger partial charge in [0.2, 0.25) is 0 Å². The van der Waals surface area contributed by atoms with E-state index in [-0.39, 0.29) is 0 Å². The Bertz CT molecular complexity index is 1070. The number of hydrogen-bond donors (Lipinski definition) is 0. The highest BCUT2D eigenvalue weighted by atomic mass is 35.5. The zero-order chi connectivity index (χ0) is 15.4. The van der Waals surface area contributed by atoms with Crippen molar-refractivity contribution in [1.29, 1.82) is 0 Å². The molecule has 0 saturated heterocycles. The van der Waals surface area contributed by atoms with Crippen LogP contribution in [0.4, 0.5) is 0 Å². The van der Waals surface area contributed by atoms with Crippen LogP contribution in [0.2, 0.25) is 0 Å². The molecule has 0 heterocycles. The van der Waals surface area contributed by atoms with Gasteiger partial charge in [0.15, 0.2) is 0 Å². The predicted molar refractivity (Wildman–Crippen MR) is 101 cm³/mol. The van der Waals surface area contributed by atoms with E-state index in [2.05, 4.69) is 54.6 Å². The normalized spacial score (nSPS) is 17.1. The molecule has 23 heavy (non-hydrogen) atoms. The van der Waals surface area contributed by atoms with Crippen LogP contribution < -0.4 is 5.22 Å². The molecule has 0 aromatic heterocycles. The quantitative estimate of drug-likeness (QED) is 0.537. The Morgan fingerprint density at radius 3 is 2.57 bits per heavy atom. The molecule has 0 fully saturated rings. The number of halogens is 1. The molecule has 2 aliphatic rings. The minimum absolute atomic E-state index is 0.951. The van der Waals surface area contributed by atoms with E-state index < -0.39 is 0 Å². The molecule has 0 atom stereocenters. The molecule has 112 valence electrons. The van der Waals surface area contributed by atoms with E-state index in [4.69, 9.17) is 11.6 Å². The molecule has 1 heteroatoms. The molecular formula is C22H17Cl. The first-order valence-electron chi connectivity index (χ1n) is 8.34. The van der Waals surface area contributed by atoms with Gasteiger partial charge in [0.1, 0.15) is 0 Å². The molecule has 0 aliphatic heterocycles. The fraction of sp³-hybridized carbons (Fsp3) is 0.182. The summed E-state index contributed by atoms with van der Waals surface area (Å²) in [6, 6.07) is 13.8. The molecule has 0 spiro atoms. The molecule has 0 nitrogen and oxygen atoms in total. The standard InChI is InChI=1S/C22H17Cl/c23-18-10-6-14(7-11-18)19-12-8-17-5-4-15-2-1-3-16-9-13-20(19)22(17)21(15)16/h2,4-6,8-10,12-13H,1,3,7,11H2. The smallest absolute Gasteiger partial charge is 0.0184 e. The maximum absolute atomic E-state index is 6.14. The van der Waals surface area contributed by atoms with E-state index in [1.165, 1.54) is 43.5 Å². The molecule has 0 amide bonds. The van der Waals surface area contributed by atoms with Gasteiger partial charge in [-0.2, -0.15) is 0 Å². The maximum atomic E-state index is 6.14. The topological polar surface area (TPSA) is 0 Å². The van der Waals surface area contributed by atoms with Crippen molar-refractivity contribution in [2.24, 2.45) is 0 Å². The summed E-state index contributed by atoms with van der Waals surface area (Å²) in [5.41, 5.74) is 4.27. The molecule has 5 rings (SSSR count). The Hall–Kier alpha value is -2.05. The number of benzene rings is 3. The van der Waals surface area contributed by atoms with E-state index in [1.54, 1.807) is 0 Å². The summed E-state index contributed by atoms with van der Waals surface area (Å²) in [5, 5.41) is 8.01. The van der Waals surface area contributed by atoms with Crippen molar-refractivity contribution in [2.75, 3.05) is 0 Å². The lowest BCUT2D eigenvalue weighted by atomic mass is 9.86. The number of allylic oxidation sites excluding steroid dienone is 4. The molecule has 2 aliphatic carbocycles. The van der Waals surface area contributed by atoms with Crippen molar-refractivity contribution >= 4 is 44.8 Å². The van der Waals surface area contributed by atoms with E-state index in [0.717, 1.165) is 30.7 Å². The molecule has 3 aromatic carbocycles. The summed E-state index contributed by atoms with van der Waals surface area (Å²) in [6.45, 7) is 0. The first-order chi connectivity index (χ1) is 11.3. The molecule has 0 N–H and O–H groups in total. The lowest BCUT2D eigenvalue weighted by Gasteiger charge is -2.19. The highest BCUT2D eigenvalue weighted by Gasteiger charge is 2.15. The van der Waals surface area contributed by atoms with E-state index in [1.807, 2.05) is 0 Å². The van der Waals surface area contributed by atoms with E-state index in [0.29, 0.717) is 0 Å². The molecular weight excluding hydrogens is 300 g/mol. The summed E-state index contributed by atoms with van der Waals surface area (Å²) >= 11 is 6.14. The number of rotatable bonds is 1. The van der Waals surface area contributed by atoms with Crippen LogP contribution in [-0.2, 0) is 6.42 Å². The summed E-state index contributed by atoms with van der Waals surface area (Å²) in [4.78, 5) is 0. The average Bonchev–Trinajstić information content (AvgIpc) is 2.60. The fourth-order valence-corrected chi connectivity index (χ4v) is 4.28. The maximum Gasteiger partial charge on any atom is 0.0184 e. The summed E-state index contributed by atoms with van der Waals surface area (Å²) < 4.78 is 0. The van der Waals surface area contributed by atoms with Gasteiger partial charge >= 0.3 is 0 Å². The van der Waals surface area contributed by atoms with Crippen LogP contribution >= 0.6 is 11.6 Å². The second kappa shape index (κ2) is 4.97. The molecule has 0 radical (unpaired) electrons. The van der Waals surface area contributed by atoms with Crippen LogP contribution in [-0.4, -0.2) is 0 Å². The SMILES string of the molecule is ClC1=CC=C(c2ccc3ccc4c5c(ccc2c35)CCC=4)CC1. The van der Waals surface area contributed by atoms with Gasteiger partial charge in [-0.1, -0.05) is 60.2 Å². The number of hydrogen-bond acceptors (Lipinski definition) is 0. The third kappa shape index (κ3) is 1.98. The van der Waals surface area contributed by atoms with Crippen LogP contribution in [0.1, 0.15) is 30.4 Å². The van der Waals surface area contributed by atoms with Crippen LogP contribution in [0.15, 0.2) is 53.6 Å². The van der Waals surface area contributed by atoms with E-state index >= 15 is 0 Å². The highest BCUT2D eigenvalue weighted by Crippen LogP contribution is 2.37. The van der Waals surface area contributed by atoms with Crippen molar-refractivity contribution in [1.82, 2.24) is 0 Å². The van der Waals surface area contributed by atoms with Crippen molar-refractivity contribution in [3.05, 3.63) is 69.9 Å².